The average Bonchev–Trinajstić information content (AvgIpc) is 3.17. The van der Waals surface area contributed by atoms with Crippen LogP contribution >= 0.6 is 0 Å². The van der Waals surface area contributed by atoms with E-state index in [0.717, 1.165) is 0 Å². The highest BCUT2D eigenvalue weighted by atomic mass is 16.3. The van der Waals surface area contributed by atoms with Crippen LogP contribution < -0.4 is 27.8 Å². The molecule has 1 rings (SSSR count). The lowest BCUT2D eigenvalue weighted by molar-refractivity contribution is -0.141. The minimum atomic E-state index is -1.44. The van der Waals surface area contributed by atoms with Crippen LogP contribution in [0.1, 0.15) is 39.0 Å². The van der Waals surface area contributed by atoms with Gasteiger partial charge in [0.25, 0.3) is 0 Å². The summed E-state index contributed by atoms with van der Waals surface area (Å²) in [6.45, 7) is 1.48. The summed E-state index contributed by atoms with van der Waals surface area (Å²) in [5.41, 5.74) is 15.7. The lowest BCUT2D eigenvalue weighted by Crippen LogP contribution is -2.59. The van der Waals surface area contributed by atoms with Crippen LogP contribution in [0.15, 0.2) is 0 Å². The number of aliphatic hydroxyl groups is 1. The number of carbonyl (C=O) groups excluding carboxylic acids is 6. The predicted molar refractivity (Wildman–Crippen MR) is 106 cm³/mol. The van der Waals surface area contributed by atoms with E-state index in [9.17, 15) is 33.9 Å². The molecule has 13 nitrogen and oxygen atoms in total. The van der Waals surface area contributed by atoms with E-state index >= 15 is 0 Å². The van der Waals surface area contributed by atoms with E-state index < -0.39 is 59.8 Å². The highest BCUT2D eigenvalue weighted by Crippen LogP contribution is 2.19. The molecule has 173 valence electrons. The maximum Gasteiger partial charge on any atom is 0.245 e. The van der Waals surface area contributed by atoms with Crippen molar-refractivity contribution >= 4 is 35.8 Å². The van der Waals surface area contributed by atoms with Gasteiger partial charge in [0.1, 0.15) is 12.1 Å². The van der Waals surface area contributed by atoms with Crippen LogP contribution in [0.5, 0.6) is 0 Å². The summed E-state index contributed by atoms with van der Waals surface area (Å²) in [6, 6.07) is -4.75. The fraction of sp³-hybridized carbons (Fsp3) is 0.667. The number of primary amides is 2. The van der Waals surface area contributed by atoms with Crippen LogP contribution in [0, 0.1) is 0 Å². The molecule has 1 radical (unpaired) electrons. The number of amides is 5. The predicted octanol–water partition coefficient (Wildman–Crippen LogP) is -4.09. The van der Waals surface area contributed by atoms with Crippen molar-refractivity contribution in [2.24, 2.45) is 17.2 Å². The van der Waals surface area contributed by atoms with Crippen molar-refractivity contribution in [3.05, 3.63) is 0 Å². The normalized spacial score (nSPS) is 19.6. The van der Waals surface area contributed by atoms with Crippen LogP contribution in [0.4, 0.5) is 0 Å². The molecule has 13 heteroatoms. The zero-order valence-electron chi connectivity index (χ0n) is 17.2. The van der Waals surface area contributed by atoms with Crippen LogP contribution in [0.2, 0.25) is 0 Å². The van der Waals surface area contributed by atoms with Crippen molar-refractivity contribution in [2.75, 3.05) is 6.54 Å². The van der Waals surface area contributed by atoms with Gasteiger partial charge in [0.05, 0.1) is 24.6 Å². The number of hydrogen-bond acceptors (Lipinski definition) is 8. The summed E-state index contributed by atoms with van der Waals surface area (Å²) in [7, 11) is 0. The quantitative estimate of drug-likeness (QED) is 0.174. The Hall–Kier alpha value is -3.06. The standard InChI is InChI=1S/C18H29N6O7/c1-9(26)15(17(30)22-10(8-25)4-5-13(20)27)23-16(29)12-3-2-6-24(12)18(31)11(19)7-14(21)28/h9-12,15,26H,2-7,19H2,1H3,(H2,20,27)(H2,21,28)(H,22,30)(H,23,29)/t9-,10+,11+,12+,15+/m1/s1. The zero-order valence-corrected chi connectivity index (χ0v) is 17.2. The molecule has 1 fully saturated rings. The maximum atomic E-state index is 12.7. The third-order valence-corrected chi connectivity index (χ3v) is 4.78. The van der Waals surface area contributed by atoms with E-state index in [0.29, 0.717) is 12.8 Å². The molecule has 1 aliphatic rings. The van der Waals surface area contributed by atoms with Crippen molar-refractivity contribution in [2.45, 2.75) is 69.3 Å². The largest absolute Gasteiger partial charge is 0.391 e. The van der Waals surface area contributed by atoms with Gasteiger partial charge in [-0.2, -0.15) is 0 Å². The molecule has 31 heavy (non-hydrogen) atoms. The summed E-state index contributed by atoms with van der Waals surface area (Å²) in [5.74, 6) is -3.64. The second-order valence-electron chi connectivity index (χ2n) is 7.38. The van der Waals surface area contributed by atoms with Crippen molar-refractivity contribution in [1.29, 1.82) is 0 Å². The third kappa shape index (κ3) is 7.94. The summed E-state index contributed by atoms with van der Waals surface area (Å²) >= 11 is 0. The lowest BCUT2D eigenvalue weighted by atomic mass is 10.1. The van der Waals surface area contributed by atoms with Gasteiger partial charge in [0, 0.05) is 13.0 Å². The van der Waals surface area contributed by atoms with E-state index in [4.69, 9.17) is 17.2 Å². The number of carbonyl (C=O) groups is 5. The molecule has 9 N–H and O–H groups in total. The Labute approximate surface area is 179 Å². The minimum absolute atomic E-state index is 0.0896. The average molecular weight is 441 g/mol. The molecule has 0 bridgehead atoms. The van der Waals surface area contributed by atoms with Crippen molar-refractivity contribution in [3.8, 4) is 0 Å². The SMILES string of the molecule is C[C@@H](O)[C@H](NC(=O)[C@@H]1CCCN1C(=O)[C@@H](N)CC(N)=O)C(=O)N[C@H]([C]=O)CCC(N)=O. The van der Waals surface area contributed by atoms with E-state index in [-0.39, 0.29) is 25.8 Å². The summed E-state index contributed by atoms with van der Waals surface area (Å²) in [4.78, 5) is 71.7. The second kappa shape index (κ2) is 12.0. The van der Waals surface area contributed by atoms with Crippen LogP contribution in [0.3, 0.4) is 0 Å². The van der Waals surface area contributed by atoms with Crippen LogP contribution in [-0.4, -0.2) is 82.6 Å². The summed E-state index contributed by atoms with van der Waals surface area (Å²) in [5, 5.41) is 14.6. The molecule has 0 aromatic carbocycles. The Bertz CT molecular complexity index is 714. The second-order valence-corrected chi connectivity index (χ2v) is 7.38. The fourth-order valence-electron chi connectivity index (χ4n) is 3.18. The molecule has 1 aliphatic heterocycles. The van der Waals surface area contributed by atoms with E-state index in [1.807, 2.05) is 0 Å². The zero-order chi connectivity index (χ0) is 23.7. The minimum Gasteiger partial charge on any atom is -0.391 e. The highest BCUT2D eigenvalue weighted by molar-refractivity contribution is 5.95. The first kappa shape index (κ1) is 26.0. The number of nitrogens with two attached hydrogens (primary N) is 3. The Morgan fingerprint density at radius 2 is 1.81 bits per heavy atom. The van der Waals surface area contributed by atoms with E-state index in [1.165, 1.54) is 11.8 Å². The number of hydrogen-bond donors (Lipinski definition) is 6. The molecular formula is C18H29N6O7. The van der Waals surface area contributed by atoms with Gasteiger partial charge in [-0.05, 0) is 26.2 Å². The molecule has 0 saturated carbocycles. The monoisotopic (exact) mass is 441 g/mol. The molecule has 5 atom stereocenters. The van der Waals surface area contributed by atoms with Gasteiger partial charge < -0.3 is 37.8 Å². The molecule has 0 aromatic heterocycles. The topological polar surface area (TPSA) is 228 Å². The molecule has 5 amide bonds. The van der Waals surface area contributed by atoms with Crippen LogP contribution in [-0.2, 0) is 28.8 Å². The van der Waals surface area contributed by atoms with Gasteiger partial charge in [-0.1, -0.05) is 0 Å². The number of aliphatic hydroxyl groups excluding tert-OH is 1. The lowest BCUT2D eigenvalue weighted by Gasteiger charge is -2.29. The molecule has 0 aliphatic carbocycles. The number of likely N-dealkylation sites (tertiary alicyclic amines) is 1. The first-order valence-corrected chi connectivity index (χ1v) is 9.77. The summed E-state index contributed by atoms with van der Waals surface area (Å²) in [6.07, 6.45) is 0.361. The number of nitrogens with one attached hydrogen (secondary N) is 2. The fourth-order valence-corrected chi connectivity index (χ4v) is 3.18. The van der Waals surface area contributed by atoms with E-state index in [2.05, 4.69) is 10.6 Å². The first-order valence-electron chi connectivity index (χ1n) is 9.77. The molecular weight excluding hydrogens is 412 g/mol. The summed E-state index contributed by atoms with van der Waals surface area (Å²) < 4.78 is 0. The van der Waals surface area contributed by atoms with Gasteiger partial charge in [0.15, 0.2) is 0 Å². The highest BCUT2D eigenvalue weighted by Gasteiger charge is 2.38. The number of nitrogens with zero attached hydrogens (tertiary/aromatic N) is 1. The van der Waals surface area contributed by atoms with Crippen LogP contribution in [0.25, 0.3) is 0 Å². The maximum absolute atomic E-state index is 12.7. The molecule has 0 aromatic rings. The van der Waals surface area contributed by atoms with Crippen molar-refractivity contribution in [1.82, 2.24) is 15.5 Å². The smallest absolute Gasteiger partial charge is 0.245 e. The molecule has 0 spiro atoms. The van der Waals surface area contributed by atoms with Crippen molar-refractivity contribution < 1.29 is 33.9 Å². The third-order valence-electron chi connectivity index (χ3n) is 4.78. The Kier molecular flexibility index (Phi) is 10.0. The first-order chi connectivity index (χ1) is 14.5. The Morgan fingerprint density at radius 3 is 2.32 bits per heavy atom. The molecule has 1 heterocycles. The van der Waals surface area contributed by atoms with Gasteiger partial charge in [-0.15, -0.1) is 0 Å². The number of rotatable bonds is 12. The Morgan fingerprint density at radius 1 is 1.16 bits per heavy atom. The van der Waals surface area contributed by atoms with Gasteiger partial charge >= 0.3 is 0 Å². The van der Waals surface area contributed by atoms with Gasteiger partial charge in [-0.3, -0.25) is 28.8 Å². The molecule has 1 saturated heterocycles. The van der Waals surface area contributed by atoms with Gasteiger partial charge in [-0.25, -0.2) is 0 Å². The van der Waals surface area contributed by atoms with Crippen molar-refractivity contribution in [3.63, 3.8) is 0 Å². The molecule has 0 unspecified atom stereocenters. The van der Waals surface area contributed by atoms with Gasteiger partial charge in [0.2, 0.25) is 35.8 Å². The Balaban J connectivity index is 2.82. The van der Waals surface area contributed by atoms with E-state index in [1.54, 1.807) is 6.29 Å².